The number of likely N-dealkylation sites (tertiary alicyclic amines) is 1. The molecule has 3 fully saturated rings. The molecule has 1 amide bonds. The molecule has 0 aromatic rings. The molecule has 3 aliphatic rings. The van der Waals surface area contributed by atoms with E-state index >= 15 is 0 Å². The van der Waals surface area contributed by atoms with Gasteiger partial charge in [0.15, 0.2) is 0 Å². The van der Waals surface area contributed by atoms with Crippen LogP contribution in [-0.2, 0) is 9.59 Å². The molecule has 0 bridgehead atoms. The molecule has 0 aromatic heterocycles. The molecule has 2 saturated carbocycles. The lowest BCUT2D eigenvalue weighted by atomic mass is 9.60. The molecule has 0 spiro atoms. The molecule has 1 N–H and O–H groups in total. The number of rotatable bonds is 1. The number of carboxylic acid groups (broad SMARTS) is 1. The van der Waals surface area contributed by atoms with Gasteiger partial charge in [-0.15, -0.1) is 0 Å². The van der Waals surface area contributed by atoms with E-state index < -0.39 is 18.1 Å². The zero-order chi connectivity index (χ0) is 13.9. The summed E-state index contributed by atoms with van der Waals surface area (Å²) in [6, 6.07) is 0. The van der Waals surface area contributed by atoms with Gasteiger partial charge in [0.25, 0.3) is 0 Å². The lowest BCUT2D eigenvalue weighted by Gasteiger charge is -2.43. The summed E-state index contributed by atoms with van der Waals surface area (Å²) in [6.45, 7) is 0.271. The Hall–Kier alpha value is -1.27. The van der Waals surface area contributed by atoms with Gasteiger partial charge in [0.1, 0.15) is 0 Å². The van der Waals surface area contributed by atoms with Gasteiger partial charge >= 0.3 is 18.1 Å². The van der Waals surface area contributed by atoms with Gasteiger partial charge in [-0.05, 0) is 36.5 Å². The van der Waals surface area contributed by atoms with Gasteiger partial charge in [-0.3, -0.25) is 9.59 Å². The smallest absolute Gasteiger partial charge is 0.471 e. The van der Waals surface area contributed by atoms with Crippen LogP contribution in [0.2, 0.25) is 0 Å². The Kier molecular flexibility index (Phi) is 2.59. The second-order valence-corrected chi connectivity index (χ2v) is 5.87. The monoisotopic (exact) mass is 277 g/mol. The van der Waals surface area contributed by atoms with Crippen LogP contribution >= 0.6 is 0 Å². The molecule has 1 aliphatic heterocycles. The number of fused-ring (bicyclic) bond motifs is 4. The van der Waals surface area contributed by atoms with Crippen molar-refractivity contribution in [1.29, 1.82) is 0 Å². The van der Waals surface area contributed by atoms with Crippen LogP contribution in [0, 0.1) is 29.6 Å². The zero-order valence-corrected chi connectivity index (χ0v) is 10.1. The van der Waals surface area contributed by atoms with E-state index in [4.69, 9.17) is 5.11 Å². The summed E-state index contributed by atoms with van der Waals surface area (Å²) in [5.74, 6) is -2.40. The quantitative estimate of drug-likeness (QED) is 0.787. The first-order chi connectivity index (χ1) is 8.79. The third-order valence-electron chi connectivity index (χ3n) is 5.05. The van der Waals surface area contributed by atoms with Crippen molar-refractivity contribution >= 4 is 11.9 Å². The van der Waals surface area contributed by atoms with E-state index in [1.165, 1.54) is 0 Å². The Labute approximate surface area is 107 Å². The zero-order valence-electron chi connectivity index (χ0n) is 10.1. The fraction of sp³-hybridized carbons (Fsp3) is 0.833. The average Bonchev–Trinajstić information content (AvgIpc) is 2.83. The highest BCUT2D eigenvalue weighted by atomic mass is 19.4. The maximum atomic E-state index is 12.4. The number of carbonyl (C=O) groups is 2. The Morgan fingerprint density at radius 3 is 1.84 bits per heavy atom. The first-order valence-electron chi connectivity index (χ1n) is 6.38. The Morgan fingerprint density at radius 1 is 1.00 bits per heavy atom. The molecular formula is C12H14F3NO3. The van der Waals surface area contributed by atoms with E-state index in [1.54, 1.807) is 0 Å². The minimum Gasteiger partial charge on any atom is -0.481 e. The van der Waals surface area contributed by atoms with Gasteiger partial charge in [-0.1, -0.05) is 0 Å². The highest BCUT2D eigenvalue weighted by Gasteiger charge is 2.61. The molecule has 106 valence electrons. The second kappa shape index (κ2) is 3.86. The number of amides is 1. The number of nitrogens with zero attached hydrogens (tertiary/aromatic N) is 1. The number of halogens is 3. The SMILES string of the molecule is O=C(O)C1C[C@@H]2[C@H](C1)[C@H]1CN(C(=O)C(F)(F)F)C[C@@H]21. The number of carboxylic acids is 1. The number of alkyl halides is 3. The van der Waals surface area contributed by atoms with Crippen molar-refractivity contribution in [3.05, 3.63) is 0 Å². The van der Waals surface area contributed by atoms with Crippen molar-refractivity contribution in [1.82, 2.24) is 4.90 Å². The minimum atomic E-state index is -4.80. The maximum Gasteiger partial charge on any atom is 0.471 e. The first-order valence-corrected chi connectivity index (χ1v) is 6.38. The first kappa shape index (κ1) is 12.7. The molecule has 5 atom stereocenters. The van der Waals surface area contributed by atoms with Crippen LogP contribution in [0.1, 0.15) is 12.8 Å². The van der Waals surface area contributed by atoms with Crippen molar-refractivity contribution in [3.63, 3.8) is 0 Å². The van der Waals surface area contributed by atoms with E-state index in [-0.39, 0.29) is 42.7 Å². The molecule has 1 heterocycles. The van der Waals surface area contributed by atoms with Gasteiger partial charge in [0, 0.05) is 13.1 Å². The molecule has 1 saturated heterocycles. The molecule has 19 heavy (non-hydrogen) atoms. The van der Waals surface area contributed by atoms with Gasteiger partial charge in [-0.2, -0.15) is 13.2 Å². The molecule has 2 aliphatic carbocycles. The fourth-order valence-corrected chi connectivity index (χ4v) is 4.25. The van der Waals surface area contributed by atoms with Gasteiger partial charge in [-0.25, -0.2) is 0 Å². The summed E-state index contributed by atoms with van der Waals surface area (Å²) >= 11 is 0. The van der Waals surface area contributed by atoms with Gasteiger partial charge < -0.3 is 10.0 Å². The van der Waals surface area contributed by atoms with E-state index in [0.29, 0.717) is 12.8 Å². The van der Waals surface area contributed by atoms with Crippen molar-refractivity contribution in [2.75, 3.05) is 13.1 Å². The summed E-state index contributed by atoms with van der Waals surface area (Å²) in [5, 5.41) is 8.97. The number of carbonyl (C=O) groups excluding carboxylic acids is 1. The van der Waals surface area contributed by atoms with E-state index in [2.05, 4.69) is 0 Å². The van der Waals surface area contributed by atoms with E-state index in [1.807, 2.05) is 0 Å². The predicted molar refractivity (Wildman–Crippen MR) is 57.0 cm³/mol. The largest absolute Gasteiger partial charge is 0.481 e. The van der Waals surface area contributed by atoms with Crippen LogP contribution in [0.25, 0.3) is 0 Å². The van der Waals surface area contributed by atoms with Crippen LogP contribution in [0.3, 0.4) is 0 Å². The third kappa shape index (κ3) is 1.81. The fourth-order valence-electron chi connectivity index (χ4n) is 4.25. The normalized spacial score (nSPS) is 40.6. The molecule has 4 nitrogen and oxygen atoms in total. The summed E-state index contributed by atoms with van der Waals surface area (Å²) in [4.78, 5) is 23.0. The summed E-state index contributed by atoms with van der Waals surface area (Å²) in [5.41, 5.74) is 0. The second-order valence-electron chi connectivity index (χ2n) is 5.87. The topological polar surface area (TPSA) is 57.6 Å². The van der Waals surface area contributed by atoms with Crippen LogP contribution in [-0.4, -0.2) is 41.1 Å². The van der Waals surface area contributed by atoms with E-state index in [0.717, 1.165) is 4.90 Å². The standard InChI is InChI=1S/C12H14F3NO3/c13-12(14,15)11(19)16-3-8-6-1-5(10(17)18)2-7(6)9(8)4-16/h5-9H,1-4H2,(H,17,18)/t5?,6-,7+,8+,9-. The molecular weight excluding hydrogens is 263 g/mol. The Bertz CT molecular complexity index is 416. The molecule has 1 unspecified atom stereocenters. The van der Waals surface area contributed by atoms with Crippen LogP contribution in [0.15, 0.2) is 0 Å². The molecule has 0 aromatic carbocycles. The van der Waals surface area contributed by atoms with E-state index in [9.17, 15) is 22.8 Å². The minimum absolute atomic E-state index is 0.0700. The summed E-state index contributed by atoms with van der Waals surface area (Å²) in [7, 11) is 0. The maximum absolute atomic E-state index is 12.4. The summed E-state index contributed by atoms with van der Waals surface area (Å²) in [6.07, 6.45) is -3.70. The third-order valence-corrected chi connectivity index (χ3v) is 5.05. The lowest BCUT2D eigenvalue weighted by molar-refractivity contribution is -0.184. The van der Waals surface area contributed by atoms with Gasteiger partial charge in [0.05, 0.1) is 5.92 Å². The summed E-state index contributed by atoms with van der Waals surface area (Å²) < 4.78 is 37.1. The van der Waals surface area contributed by atoms with Crippen molar-refractivity contribution in [2.45, 2.75) is 19.0 Å². The van der Waals surface area contributed by atoms with Crippen molar-refractivity contribution < 1.29 is 27.9 Å². The number of aliphatic carboxylic acids is 1. The highest BCUT2D eigenvalue weighted by Crippen LogP contribution is 2.60. The average molecular weight is 277 g/mol. The predicted octanol–water partition coefficient (Wildman–Crippen LogP) is 1.36. The molecule has 0 radical (unpaired) electrons. The highest BCUT2D eigenvalue weighted by molar-refractivity contribution is 5.82. The van der Waals surface area contributed by atoms with Gasteiger partial charge in [0.2, 0.25) is 0 Å². The van der Waals surface area contributed by atoms with Crippen LogP contribution < -0.4 is 0 Å². The molecule has 7 heteroatoms. The Morgan fingerprint density at radius 2 is 1.47 bits per heavy atom. The number of hydrogen-bond acceptors (Lipinski definition) is 2. The number of hydrogen-bond donors (Lipinski definition) is 1. The van der Waals surface area contributed by atoms with Crippen molar-refractivity contribution in [2.24, 2.45) is 29.6 Å². The lowest BCUT2D eigenvalue weighted by Crippen LogP contribution is -2.42. The van der Waals surface area contributed by atoms with Crippen molar-refractivity contribution in [3.8, 4) is 0 Å². The Balaban J connectivity index is 1.65. The molecule has 3 rings (SSSR count). The van der Waals surface area contributed by atoms with Crippen LogP contribution in [0.4, 0.5) is 13.2 Å². The van der Waals surface area contributed by atoms with Crippen LogP contribution in [0.5, 0.6) is 0 Å².